The zero-order chi connectivity index (χ0) is 36.2. The van der Waals surface area contributed by atoms with Gasteiger partial charge in [0, 0.05) is 60.3 Å². The molecule has 0 unspecified atom stereocenters. The Bertz CT molecular complexity index is 2200. The number of allylic oxidation sites excluding steroid dienone is 1. The normalized spacial score (nSPS) is 19.8. The van der Waals surface area contributed by atoms with E-state index in [1.165, 1.54) is 24.4 Å². The number of anilines is 1. The van der Waals surface area contributed by atoms with Crippen molar-refractivity contribution in [2.45, 2.75) is 50.0 Å². The number of likely N-dealkylation sites (N-methyl/N-ethyl adjacent to an activating group) is 1. The lowest BCUT2D eigenvalue weighted by Crippen LogP contribution is -2.67. The topological polar surface area (TPSA) is 90.0 Å². The molecule has 2 aliphatic rings. The van der Waals surface area contributed by atoms with Crippen LogP contribution in [0.5, 0.6) is 0 Å². The van der Waals surface area contributed by atoms with E-state index >= 15 is 17.6 Å². The summed E-state index contributed by atoms with van der Waals surface area (Å²) in [4.78, 5) is 14.9. The van der Waals surface area contributed by atoms with Crippen molar-refractivity contribution < 1.29 is 26.3 Å². The van der Waals surface area contributed by atoms with Gasteiger partial charge in [0.2, 0.25) is 0 Å². The van der Waals surface area contributed by atoms with E-state index in [9.17, 15) is 14.0 Å². The summed E-state index contributed by atoms with van der Waals surface area (Å²) in [7, 11) is 3.89. The molecular formula is C36H35F6N9. The van der Waals surface area contributed by atoms with Gasteiger partial charge in [-0.25, -0.2) is 22.8 Å². The van der Waals surface area contributed by atoms with Crippen LogP contribution in [-0.2, 0) is 6.18 Å². The van der Waals surface area contributed by atoms with Crippen LogP contribution in [0.3, 0.4) is 0 Å². The van der Waals surface area contributed by atoms with Crippen molar-refractivity contribution in [3.63, 3.8) is 0 Å². The first-order chi connectivity index (χ1) is 24.4. The Morgan fingerprint density at radius 3 is 2.57 bits per heavy atom. The van der Waals surface area contributed by atoms with Crippen LogP contribution < -0.4 is 4.90 Å². The number of hydrogen-bond acceptors (Lipinski definition) is 8. The number of aromatic nitrogens is 5. The van der Waals surface area contributed by atoms with Crippen LogP contribution in [0.1, 0.15) is 37.8 Å². The molecule has 3 aromatic heterocycles. The standard InChI is InChI=1S/C36H35F6N9/c1-35(48(2)3)19-50(20-35)34-32-33(51(47-46-32)22-11-16-49(15-5-4-12-37)21(17-22)10-13-43)25-18-26(36(40,41)42)28(29(39)31(25)45-34)24-8-9-27(38)23-7-6-14-44-30(23)24/h4-9,14,18,21-22H,10-12,15-17,19-20H2,1-3H3/b5-4+/t21-,22+/m1/s1. The Labute approximate surface area is 289 Å². The quantitative estimate of drug-likeness (QED) is 0.125. The lowest BCUT2D eigenvalue weighted by atomic mass is 9.90. The molecule has 51 heavy (non-hydrogen) atoms. The van der Waals surface area contributed by atoms with Crippen molar-refractivity contribution in [2.75, 3.05) is 51.8 Å². The fourth-order valence-electron chi connectivity index (χ4n) is 7.43. The zero-order valence-electron chi connectivity index (χ0n) is 28.2. The molecule has 2 saturated heterocycles. The number of hydrogen-bond donors (Lipinski definition) is 0. The van der Waals surface area contributed by atoms with Crippen LogP contribution in [0, 0.1) is 23.0 Å². The number of alkyl halides is 4. The number of nitrogens with zero attached hydrogens (tertiary/aromatic N) is 9. The molecule has 0 amide bonds. The Kier molecular flexibility index (Phi) is 8.87. The summed E-state index contributed by atoms with van der Waals surface area (Å²) in [5, 5.41) is 18.4. The molecule has 2 fully saturated rings. The number of rotatable bonds is 8. The highest BCUT2D eigenvalue weighted by Gasteiger charge is 2.44. The van der Waals surface area contributed by atoms with Crippen molar-refractivity contribution in [3.05, 3.63) is 65.9 Å². The highest BCUT2D eigenvalue weighted by molar-refractivity contribution is 6.09. The zero-order valence-corrected chi connectivity index (χ0v) is 28.2. The predicted molar refractivity (Wildman–Crippen MR) is 182 cm³/mol. The van der Waals surface area contributed by atoms with E-state index in [2.05, 4.69) is 43.1 Å². The van der Waals surface area contributed by atoms with Gasteiger partial charge in [-0.2, -0.15) is 18.4 Å². The van der Waals surface area contributed by atoms with E-state index in [1.807, 2.05) is 19.0 Å². The summed E-state index contributed by atoms with van der Waals surface area (Å²) in [6, 6.07) is 7.41. The maximum Gasteiger partial charge on any atom is 0.417 e. The molecule has 5 heterocycles. The van der Waals surface area contributed by atoms with Crippen molar-refractivity contribution in [1.29, 1.82) is 5.26 Å². The van der Waals surface area contributed by atoms with Crippen molar-refractivity contribution >= 4 is 38.7 Å². The molecule has 9 nitrogen and oxygen atoms in total. The van der Waals surface area contributed by atoms with Gasteiger partial charge in [0.25, 0.3) is 0 Å². The fourth-order valence-corrected chi connectivity index (χ4v) is 7.43. The van der Waals surface area contributed by atoms with Crippen molar-refractivity contribution in [3.8, 4) is 17.2 Å². The van der Waals surface area contributed by atoms with E-state index in [1.54, 1.807) is 10.8 Å². The number of piperidine rings is 1. The summed E-state index contributed by atoms with van der Waals surface area (Å²) in [5.74, 6) is -1.63. The van der Waals surface area contributed by atoms with Crippen LogP contribution in [0.15, 0.2) is 48.7 Å². The van der Waals surface area contributed by atoms with Gasteiger partial charge in [0.05, 0.1) is 35.2 Å². The smallest absolute Gasteiger partial charge is 0.351 e. The van der Waals surface area contributed by atoms with Gasteiger partial charge in [0.1, 0.15) is 23.5 Å². The van der Waals surface area contributed by atoms with E-state index in [0.29, 0.717) is 39.0 Å². The molecule has 266 valence electrons. The number of likely N-dealkylation sites (tertiary alicyclic amines) is 1. The fraction of sp³-hybridized carbons (Fsp3) is 0.417. The third kappa shape index (κ3) is 5.93. The number of fused-ring (bicyclic) bond motifs is 4. The second-order valence-corrected chi connectivity index (χ2v) is 13.7. The Hall–Kier alpha value is -4.81. The number of halogens is 6. The highest BCUT2D eigenvalue weighted by atomic mass is 19.4. The molecular weight excluding hydrogens is 672 g/mol. The van der Waals surface area contributed by atoms with Gasteiger partial charge in [-0.1, -0.05) is 17.4 Å². The van der Waals surface area contributed by atoms with Gasteiger partial charge in [-0.05, 0) is 64.2 Å². The maximum absolute atomic E-state index is 17.2. The molecule has 0 saturated carbocycles. The minimum Gasteiger partial charge on any atom is -0.351 e. The average Bonchev–Trinajstić information content (AvgIpc) is 3.53. The van der Waals surface area contributed by atoms with Crippen LogP contribution in [0.4, 0.5) is 32.2 Å². The summed E-state index contributed by atoms with van der Waals surface area (Å²) in [6.45, 7) is 3.40. The molecule has 15 heteroatoms. The molecule has 0 bridgehead atoms. The van der Waals surface area contributed by atoms with Gasteiger partial charge in [-0.15, -0.1) is 5.10 Å². The summed E-state index contributed by atoms with van der Waals surface area (Å²) < 4.78 is 91.4. The van der Waals surface area contributed by atoms with Crippen molar-refractivity contribution in [1.82, 2.24) is 34.8 Å². The van der Waals surface area contributed by atoms with E-state index in [4.69, 9.17) is 0 Å². The molecule has 0 N–H and O–H groups in total. The summed E-state index contributed by atoms with van der Waals surface area (Å²) in [6.07, 6.45) is 0.494. The minimum absolute atomic E-state index is 0.0454. The first kappa shape index (κ1) is 34.6. The molecule has 2 aliphatic heterocycles. The first-order valence-electron chi connectivity index (χ1n) is 16.6. The number of pyridine rings is 2. The summed E-state index contributed by atoms with van der Waals surface area (Å²) in [5.41, 5.74) is -2.48. The van der Waals surface area contributed by atoms with Gasteiger partial charge >= 0.3 is 6.18 Å². The largest absolute Gasteiger partial charge is 0.417 e. The Morgan fingerprint density at radius 2 is 1.86 bits per heavy atom. The molecule has 5 aromatic rings. The monoisotopic (exact) mass is 707 g/mol. The van der Waals surface area contributed by atoms with Crippen LogP contribution >= 0.6 is 0 Å². The molecule has 2 atom stereocenters. The SMILES string of the molecule is CN(C)C1(C)CN(c2nc3c(F)c(-c4ccc(F)c5cccnc45)c(C(F)(F)F)cc3c3c2nnn3[C@H]2CCN(C/C=C/CF)[C@H](CC#N)C2)C1. The molecule has 0 aliphatic carbocycles. The van der Waals surface area contributed by atoms with Crippen LogP contribution in [0.2, 0.25) is 0 Å². The highest BCUT2D eigenvalue weighted by Crippen LogP contribution is 2.46. The van der Waals surface area contributed by atoms with Gasteiger partial charge < -0.3 is 9.80 Å². The lowest BCUT2D eigenvalue weighted by molar-refractivity contribution is -0.137. The van der Waals surface area contributed by atoms with E-state index < -0.39 is 35.6 Å². The second kappa shape index (κ2) is 13.1. The van der Waals surface area contributed by atoms with Crippen LogP contribution in [-0.4, -0.2) is 93.3 Å². The first-order valence-corrected chi connectivity index (χ1v) is 16.6. The van der Waals surface area contributed by atoms with Crippen molar-refractivity contribution in [2.24, 2.45) is 0 Å². The van der Waals surface area contributed by atoms with Gasteiger partial charge in [-0.3, -0.25) is 9.88 Å². The van der Waals surface area contributed by atoms with Crippen LogP contribution in [0.25, 0.3) is 44.0 Å². The number of benzene rings is 2. The molecule has 0 spiro atoms. The van der Waals surface area contributed by atoms with E-state index in [-0.39, 0.29) is 68.3 Å². The second-order valence-electron chi connectivity index (χ2n) is 13.7. The van der Waals surface area contributed by atoms with E-state index in [0.717, 1.165) is 18.2 Å². The molecule has 7 rings (SSSR count). The third-order valence-electron chi connectivity index (χ3n) is 10.4. The Balaban J connectivity index is 1.47. The third-order valence-corrected chi connectivity index (χ3v) is 10.4. The Morgan fingerprint density at radius 1 is 1.08 bits per heavy atom. The maximum atomic E-state index is 17.2. The average molecular weight is 708 g/mol. The summed E-state index contributed by atoms with van der Waals surface area (Å²) >= 11 is 0. The minimum atomic E-state index is -5.02. The predicted octanol–water partition coefficient (Wildman–Crippen LogP) is 7.08. The molecule has 0 radical (unpaired) electrons. The molecule has 2 aromatic carbocycles. The lowest BCUT2D eigenvalue weighted by Gasteiger charge is -2.52. The van der Waals surface area contributed by atoms with Gasteiger partial charge in [0.15, 0.2) is 17.2 Å². The number of nitriles is 1.